The Kier molecular flexibility index (Phi) is 11.9. The van der Waals surface area contributed by atoms with Crippen LogP contribution in [0.3, 0.4) is 0 Å². The van der Waals surface area contributed by atoms with Crippen LogP contribution in [0, 0.1) is 0 Å². The average Bonchev–Trinajstić information content (AvgIpc) is 2.50. The van der Waals surface area contributed by atoms with Crippen molar-refractivity contribution in [1.29, 1.82) is 0 Å². The normalized spacial score (nSPS) is 9.55. The first-order valence-corrected chi connectivity index (χ1v) is 9.78. The molecule has 120 valence electrons. The van der Waals surface area contributed by atoms with E-state index in [0.717, 1.165) is 9.79 Å². The maximum atomic E-state index is 6.13. The highest BCUT2D eigenvalue weighted by atomic mass is 35.5. The van der Waals surface area contributed by atoms with E-state index in [2.05, 4.69) is 19.8 Å². The van der Waals surface area contributed by atoms with Crippen molar-refractivity contribution in [2.75, 3.05) is 0 Å². The number of benzene rings is 2. The van der Waals surface area contributed by atoms with Gasteiger partial charge in [-0.2, -0.15) is 9.90 Å². The second-order valence-electron chi connectivity index (χ2n) is 3.45. The maximum absolute atomic E-state index is 6.13. The smallest absolute Gasteiger partial charge is 0.0790 e. The molecule has 1 atom stereocenters. The molecule has 0 N–H and O–H groups in total. The summed E-state index contributed by atoms with van der Waals surface area (Å²) in [6.07, 6.45) is 0. The molecule has 0 spiro atoms. The highest BCUT2D eigenvalue weighted by Crippen LogP contribution is 2.44. The van der Waals surface area contributed by atoms with Crippen LogP contribution in [-0.2, 0) is 11.8 Å². The van der Waals surface area contributed by atoms with Gasteiger partial charge in [0.25, 0.3) is 0 Å². The predicted molar refractivity (Wildman–Crippen MR) is 114 cm³/mol. The lowest BCUT2D eigenvalue weighted by atomic mass is 10.3. The molecule has 0 heterocycles. The maximum Gasteiger partial charge on any atom is 0.0790 e. The van der Waals surface area contributed by atoms with Gasteiger partial charge in [-0.1, -0.05) is 93.2 Å². The number of rotatable bonds is 2. The number of halogens is 6. The van der Waals surface area contributed by atoms with Crippen LogP contribution >= 0.6 is 99.3 Å². The van der Waals surface area contributed by atoms with Gasteiger partial charge in [0.2, 0.25) is 0 Å². The van der Waals surface area contributed by atoms with E-state index in [-0.39, 0.29) is 9.90 Å². The molecule has 0 amide bonds. The van der Waals surface area contributed by atoms with Crippen molar-refractivity contribution in [3.63, 3.8) is 0 Å². The van der Waals surface area contributed by atoms with E-state index >= 15 is 0 Å². The average molecular weight is 491 g/mol. The van der Waals surface area contributed by atoms with E-state index in [1.807, 2.05) is 0 Å². The molecule has 0 radical (unpaired) electrons. The van der Waals surface area contributed by atoms with Crippen LogP contribution in [-0.4, -0.2) is 0 Å². The fourth-order valence-electron chi connectivity index (χ4n) is 1.29. The SMILES string of the molecule is Clc1ccc(Sc2ccc(Cl)c(Cl)c2Cl)c(Cl)c1Cl.P.P=S. The summed E-state index contributed by atoms with van der Waals surface area (Å²) in [6, 6.07) is 6.87. The Morgan fingerprint density at radius 3 is 1.27 bits per heavy atom. The highest BCUT2D eigenvalue weighted by Gasteiger charge is 2.14. The number of hydrogen-bond donors (Lipinski definition) is 0. The first-order chi connectivity index (χ1) is 9.91. The largest absolute Gasteiger partial charge is 0.153 e. The molecule has 0 aliphatic carbocycles. The van der Waals surface area contributed by atoms with Gasteiger partial charge < -0.3 is 0 Å². The van der Waals surface area contributed by atoms with Crippen molar-refractivity contribution in [2.24, 2.45) is 0 Å². The first-order valence-electron chi connectivity index (χ1n) is 5.07. The lowest BCUT2D eigenvalue weighted by Gasteiger charge is -2.09. The van der Waals surface area contributed by atoms with Crippen molar-refractivity contribution in [3.8, 4) is 0 Å². The molecule has 0 saturated heterocycles. The minimum atomic E-state index is 0. The summed E-state index contributed by atoms with van der Waals surface area (Å²) in [5.74, 6) is 0. The quantitative estimate of drug-likeness (QED) is 0.306. The standard InChI is InChI=1S/C12H4Cl6S.HPS.H3P/c13-5-1-3-7(11(17)9(5)15)19-8-4-2-6(14)10(16)12(8)18;1-2;/h1-4H;1H;1H3. The van der Waals surface area contributed by atoms with Gasteiger partial charge in [0.05, 0.1) is 30.1 Å². The van der Waals surface area contributed by atoms with Crippen molar-refractivity contribution < 1.29 is 0 Å². The number of hydrogen-bond acceptors (Lipinski definition) is 2. The predicted octanol–water partition coefficient (Wildman–Crippen LogP) is 8.41. The fourth-order valence-corrected chi connectivity index (χ4v) is 3.60. The molecule has 0 aliphatic rings. The summed E-state index contributed by atoms with van der Waals surface area (Å²) in [7, 11) is 2.56. The van der Waals surface area contributed by atoms with Crippen molar-refractivity contribution >= 4 is 111 Å². The van der Waals surface area contributed by atoms with Gasteiger partial charge in [0.15, 0.2) is 0 Å². The molecule has 0 nitrogen and oxygen atoms in total. The zero-order valence-electron chi connectivity index (χ0n) is 10.6. The fraction of sp³-hybridized carbons (Fsp3) is 0. The third-order valence-corrected chi connectivity index (χ3v) is 6.15. The molecule has 0 fully saturated rings. The van der Waals surface area contributed by atoms with Gasteiger partial charge in [0, 0.05) is 9.79 Å². The second kappa shape index (κ2) is 11.2. The van der Waals surface area contributed by atoms with Crippen LogP contribution < -0.4 is 0 Å². The van der Waals surface area contributed by atoms with Crippen molar-refractivity contribution in [3.05, 3.63) is 54.4 Å². The lowest BCUT2D eigenvalue weighted by Crippen LogP contribution is -1.81. The van der Waals surface area contributed by atoms with E-state index in [0.29, 0.717) is 30.1 Å². The van der Waals surface area contributed by atoms with E-state index < -0.39 is 0 Å². The summed E-state index contributed by atoms with van der Waals surface area (Å²) in [5, 5.41) is 2.17. The minimum absolute atomic E-state index is 0. The molecule has 1 unspecified atom stereocenters. The van der Waals surface area contributed by atoms with Crippen molar-refractivity contribution in [2.45, 2.75) is 9.79 Å². The van der Waals surface area contributed by atoms with Gasteiger partial charge in [-0.15, -0.1) is 0 Å². The molecule has 10 heteroatoms. The van der Waals surface area contributed by atoms with Crippen LogP contribution in [0.5, 0.6) is 0 Å². The summed E-state index contributed by atoms with van der Waals surface area (Å²) in [5.41, 5.74) is 0. The summed E-state index contributed by atoms with van der Waals surface area (Å²) >= 11 is 41.2. The van der Waals surface area contributed by atoms with Crippen LogP contribution in [0.1, 0.15) is 0 Å². The lowest BCUT2D eigenvalue weighted by molar-refractivity contribution is 1.40. The van der Waals surface area contributed by atoms with Gasteiger partial charge >= 0.3 is 0 Å². The van der Waals surface area contributed by atoms with E-state index in [1.54, 1.807) is 24.3 Å². The van der Waals surface area contributed by atoms with Gasteiger partial charge in [0.1, 0.15) is 0 Å². The molecular formula is C12H8Cl6P2S2. The molecule has 0 bridgehead atoms. The Morgan fingerprint density at radius 2 is 0.955 bits per heavy atom. The van der Waals surface area contributed by atoms with Crippen LogP contribution in [0.25, 0.3) is 0 Å². The topological polar surface area (TPSA) is 0 Å². The molecule has 0 aromatic heterocycles. The summed E-state index contributed by atoms with van der Waals surface area (Å²) in [6.45, 7) is 0. The van der Waals surface area contributed by atoms with E-state index in [4.69, 9.17) is 69.6 Å². The summed E-state index contributed by atoms with van der Waals surface area (Å²) in [4.78, 5) is 1.47. The van der Waals surface area contributed by atoms with E-state index in [1.165, 1.54) is 11.8 Å². The first kappa shape index (κ1) is 23.5. The molecular weight excluding hydrogens is 483 g/mol. The van der Waals surface area contributed by atoms with Crippen LogP contribution in [0.2, 0.25) is 30.1 Å². The monoisotopic (exact) mass is 488 g/mol. The summed E-state index contributed by atoms with van der Waals surface area (Å²) < 4.78 is 0. The van der Waals surface area contributed by atoms with Crippen molar-refractivity contribution in [1.82, 2.24) is 0 Å². The Bertz CT molecular complexity index is 613. The highest BCUT2D eigenvalue weighted by molar-refractivity contribution is 7.99. The van der Waals surface area contributed by atoms with Gasteiger partial charge in [-0.05, 0) is 32.3 Å². The molecule has 2 rings (SSSR count). The zero-order chi connectivity index (χ0) is 16.2. The third-order valence-electron chi connectivity index (χ3n) is 2.22. The van der Waals surface area contributed by atoms with Crippen LogP contribution in [0.4, 0.5) is 0 Å². The van der Waals surface area contributed by atoms with Gasteiger partial charge in [-0.3, -0.25) is 0 Å². The molecule has 0 saturated carbocycles. The van der Waals surface area contributed by atoms with E-state index in [9.17, 15) is 0 Å². The van der Waals surface area contributed by atoms with Gasteiger partial charge in [-0.25, -0.2) is 0 Å². The van der Waals surface area contributed by atoms with Crippen LogP contribution in [0.15, 0.2) is 34.1 Å². The molecule has 2 aromatic rings. The third kappa shape index (κ3) is 5.78. The molecule has 22 heavy (non-hydrogen) atoms. The Morgan fingerprint density at radius 1 is 0.636 bits per heavy atom. The molecule has 2 aromatic carbocycles. The Hall–Kier alpha value is 1.48. The minimum Gasteiger partial charge on any atom is -0.153 e. The second-order valence-corrected chi connectivity index (χ2v) is 6.86. The Labute approximate surface area is 174 Å². The Balaban J connectivity index is 0.00000141. The molecule has 0 aliphatic heterocycles. The zero-order valence-corrected chi connectivity index (χ0v) is 19.2.